The molecule has 1 aliphatic heterocycles. The molecule has 0 fully saturated rings. The molecule has 0 spiro atoms. The number of nitrogens with one attached hydrogen (secondary N) is 2. The smallest absolute Gasteiger partial charge is 0.259 e. The Hall–Kier alpha value is -2.06. The number of nitrogens with zero attached hydrogens (tertiary/aromatic N) is 2. The van der Waals surface area contributed by atoms with Gasteiger partial charge in [0.15, 0.2) is 0 Å². The van der Waals surface area contributed by atoms with E-state index in [1.54, 1.807) is 18.4 Å². The summed E-state index contributed by atoms with van der Waals surface area (Å²) < 4.78 is 5.05. The third-order valence-electron chi connectivity index (χ3n) is 5.08. The van der Waals surface area contributed by atoms with Gasteiger partial charge in [-0.15, -0.1) is 11.3 Å². The van der Waals surface area contributed by atoms with Gasteiger partial charge in [-0.2, -0.15) is 0 Å². The fourth-order valence-electron chi connectivity index (χ4n) is 3.71. The van der Waals surface area contributed by atoms with E-state index in [1.165, 1.54) is 16.0 Å². The fourth-order valence-corrected chi connectivity index (χ4v) is 4.99. The van der Waals surface area contributed by atoms with Crippen LogP contribution in [0.25, 0.3) is 10.2 Å². The van der Waals surface area contributed by atoms with Gasteiger partial charge in [0.1, 0.15) is 10.7 Å². The Morgan fingerprint density at radius 3 is 3.00 bits per heavy atom. The summed E-state index contributed by atoms with van der Waals surface area (Å²) in [7, 11) is 1.70. The van der Waals surface area contributed by atoms with E-state index in [4.69, 9.17) is 9.72 Å². The highest BCUT2D eigenvalue weighted by molar-refractivity contribution is 7.18. The van der Waals surface area contributed by atoms with Crippen molar-refractivity contribution in [2.24, 2.45) is 0 Å². The topological polar surface area (TPSA) is 70.2 Å². The maximum atomic E-state index is 12.7. The monoisotopic (exact) mass is 398 g/mol. The Bertz CT molecular complexity index is 983. The standard InChI is InChI=1S/C21H26N4O2S/c1-27-11-5-9-22-12-18-23-20(26)19-16-8-10-25(13-15-6-3-2-4-7-15)14-17(16)28-21(19)24-18/h2-4,6-7,22H,5,8-14H2,1H3,(H,23,24,26). The number of aromatic nitrogens is 2. The van der Waals surface area contributed by atoms with Crippen molar-refractivity contribution in [3.8, 4) is 0 Å². The molecule has 2 N–H and O–H groups in total. The van der Waals surface area contributed by atoms with Crippen molar-refractivity contribution in [3.63, 3.8) is 0 Å². The summed E-state index contributed by atoms with van der Waals surface area (Å²) >= 11 is 1.67. The minimum Gasteiger partial charge on any atom is -0.385 e. The number of H-pyrrole nitrogens is 1. The molecular weight excluding hydrogens is 372 g/mol. The summed E-state index contributed by atoms with van der Waals surface area (Å²) in [6.45, 7) is 4.93. The van der Waals surface area contributed by atoms with Crippen LogP contribution in [0.4, 0.5) is 0 Å². The SMILES string of the molecule is COCCCNCc1nc2sc3c(c2c(=O)[nH]1)CCN(Cc1ccccc1)C3. The van der Waals surface area contributed by atoms with E-state index in [9.17, 15) is 4.79 Å². The van der Waals surface area contributed by atoms with Crippen LogP contribution in [0.2, 0.25) is 0 Å². The Balaban J connectivity index is 1.48. The van der Waals surface area contributed by atoms with Gasteiger partial charge in [0.25, 0.3) is 5.56 Å². The number of methoxy groups -OCH3 is 1. The molecule has 148 valence electrons. The van der Waals surface area contributed by atoms with Gasteiger partial charge < -0.3 is 15.0 Å². The third kappa shape index (κ3) is 4.33. The summed E-state index contributed by atoms with van der Waals surface area (Å²) in [5.74, 6) is 0.703. The molecule has 28 heavy (non-hydrogen) atoms. The van der Waals surface area contributed by atoms with Crippen LogP contribution in [-0.2, 0) is 30.8 Å². The molecule has 3 heterocycles. The number of ether oxygens (including phenoxy) is 1. The molecule has 0 saturated carbocycles. The fraction of sp³-hybridized carbons (Fsp3) is 0.429. The molecule has 3 aromatic rings. The molecule has 1 aromatic carbocycles. The molecule has 0 saturated heterocycles. The van der Waals surface area contributed by atoms with Crippen molar-refractivity contribution < 1.29 is 4.74 Å². The molecule has 0 bridgehead atoms. The van der Waals surface area contributed by atoms with Crippen molar-refractivity contribution in [1.29, 1.82) is 0 Å². The van der Waals surface area contributed by atoms with Gasteiger partial charge in [0.05, 0.1) is 11.9 Å². The Morgan fingerprint density at radius 2 is 2.18 bits per heavy atom. The molecule has 0 aliphatic carbocycles. The predicted molar refractivity (Wildman–Crippen MR) is 113 cm³/mol. The van der Waals surface area contributed by atoms with Crippen LogP contribution in [0.5, 0.6) is 0 Å². The van der Waals surface area contributed by atoms with Crippen molar-refractivity contribution >= 4 is 21.6 Å². The minimum atomic E-state index is -0.00676. The maximum Gasteiger partial charge on any atom is 0.259 e. The second kappa shape index (κ2) is 8.96. The van der Waals surface area contributed by atoms with Crippen molar-refractivity contribution in [2.45, 2.75) is 32.5 Å². The summed E-state index contributed by atoms with van der Waals surface area (Å²) in [6, 6.07) is 10.5. The maximum absolute atomic E-state index is 12.7. The summed E-state index contributed by atoms with van der Waals surface area (Å²) in [5, 5.41) is 4.10. The quantitative estimate of drug-likeness (QED) is 0.571. The van der Waals surface area contributed by atoms with Gasteiger partial charge in [-0.3, -0.25) is 9.69 Å². The van der Waals surface area contributed by atoms with E-state index in [0.29, 0.717) is 12.4 Å². The largest absolute Gasteiger partial charge is 0.385 e. The molecule has 0 radical (unpaired) electrons. The summed E-state index contributed by atoms with van der Waals surface area (Å²) in [6.07, 6.45) is 1.84. The van der Waals surface area contributed by atoms with Gasteiger partial charge in [0, 0.05) is 38.2 Å². The van der Waals surface area contributed by atoms with Crippen LogP contribution in [0.15, 0.2) is 35.1 Å². The third-order valence-corrected chi connectivity index (χ3v) is 6.19. The van der Waals surface area contributed by atoms with Gasteiger partial charge in [-0.05, 0) is 30.5 Å². The molecule has 0 amide bonds. The van der Waals surface area contributed by atoms with Crippen LogP contribution >= 0.6 is 11.3 Å². The zero-order valence-corrected chi connectivity index (χ0v) is 17.0. The highest BCUT2D eigenvalue weighted by Crippen LogP contribution is 2.32. The first-order chi connectivity index (χ1) is 13.7. The molecule has 1 aliphatic rings. The normalized spacial score (nSPS) is 14.5. The average Bonchev–Trinajstić information content (AvgIpc) is 3.06. The number of fused-ring (bicyclic) bond motifs is 3. The molecule has 0 atom stereocenters. The van der Waals surface area contributed by atoms with Crippen LogP contribution in [0, 0.1) is 0 Å². The Labute approximate surface area is 168 Å². The highest BCUT2D eigenvalue weighted by atomic mass is 32.1. The van der Waals surface area contributed by atoms with Crippen molar-refractivity contribution in [3.05, 3.63) is 62.5 Å². The van der Waals surface area contributed by atoms with E-state index in [-0.39, 0.29) is 5.56 Å². The lowest BCUT2D eigenvalue weighted by molar-refractivity contribution is 0.194. The van der Waals surface area contributed by atoms with Crippen LogP contribution in [0.1, 0.15) is 28.2 Å². The molecule has 6 nitrogen and oxygen atoms in total. The molecule has 4 rings (SSSR count). The second-order valence-corrected chi connectivity index (χ2v) is 8.25. The first-order valence-corrected chi connectivity index (χ1v) is 10.6. The van der Waals surface area contributed by atoms with Crippen molar-refractivity contribution in [2.75, 3.05) is 26.8 Å². The molecule has 2 aromatic heterocycles. The lowest BCUT2D eigenvalue weighted by Gasteiger charge is -2.26. The number of hydrogen-bond acceptors (Lipinski definition) is 6. The number of rotatable bonds is 8. The average molecular weight is 399 g/mol. The first kappa shape index (κ1) is 19.3. The van der Waals surface area contributed by atoms with Crippen LogP contribution in [-0.4, -0.2) is 41.7 Å². The number of thiophene rings is 1. The second-order valence-electron chi connectivity index (χ2n) is 7.17. The Kier molecular flexibility index (Phi) is 6.17. The summed E-state index contributed by atoms with van der Waals surface area (Å²) in [4.78, 5) is 25.0. The van der Waals surface area contributed by atoms with E-state index < -0.39 is 0 Å². The van der Waals surface area contributed by atoms with E-state index in [1.807, 2.05) is 6.07 Å². The zero-order valence-electron chi connectivity index (χ0n) is 16.2. The highest BCUT2D eigenvalue weighted by Gasteiger charge is 2.23. The number of hydrogen-bond donors (Lipinski definition) is 2. The Morgan fingerprint density at radius 1 is 1.32 bits per heavy atom. The van der Waals surface area contributed by atoms with Gasteiger partial charge >= 0.3 is 0 Å². The van der Waals surface area contributed by atoms with E-state index >= 15 is 0 Å². The van der Waals surface area contributed by atoms with Crippen LogP contribution < -0.4 is 10.9 Å². The van der Waals surface area contributed by atoms with Crippen molar-refractivity contribution in [1.82, 2.24) is 20.2 Å². The predicted octanol–water partition coefficient (Wildman–Crippen LogP) is 2.67. The molecule has 7 heteroatoms. The van der Waals surface area contributed by atoms with Gasteiger partial charge in [-0.25, -0.2) is 4.98 Å². The first-order valence-electron chi connectivity index (χ1n) is 9.74. The lowest BCUT2D eigenvalue weighted by Crippen LogP contribution is -2.29. The molecular formula is C21H26N4O2S. The van der Waals surface area contributed by atoms with E-state index in [2.05, 4.69) is 39.5 Å². The lowest BCUT2D eigenvalue weighted by atomic mass is 10.0. The number of benzene rings is 1. The van der Waals surface area contributed by atoms with E-state index in [0.717, 1.165) is 55.8 Å². The zero-order chi connectivity index (χ0) is 19.3. The van der Waals surface area contributed by atoms with Gasteiger partial charge in [0.2, 0.25) is 0 Å². The number of aromatic amines is 1. The van der Waals surface area contributed by atoms with Gasteiger partial charge in [-0.1, -0.05) is 30.3 Å². The van der Waals surface area contributed by atoms with Crippen LogP contribution in [0.3, 0.4) is 0 Å². The minimum absolute atomic E-state index is 0.00676. The summed E-state index contributed by atoms with van der Waals surface area (Å²) in [5.41, 5.74) is 2.51. The molecule has 0 unspecified atom stereocenters.